The van der Waals surface area contributed by atoms with Crippen LogP contribution in [0.25, 0.3) is 0 Å². The Balaban J connectivity index is 1.80. The second-order valence-electron chi connectivity index (χ2n) is 6.15. The van der Waals surface area contributed by atoms with Gasteiger partial charge in [-0.2, -0.15) is 0 Å². The van der Waals surface area contributed by atoms with E-state index in [1.165, 1.54) is 6.07 Å². The molecule has 1 aliphatic carbocycles. The molecule has 2 fully saturated rings. The highest BCUT2D eigenvalue weighted by molar-refractivity contribution is 9.10. The van der Waals surface area contributed by atoms with Crippen molar-refractivity contribution < 1.29 is 13.6 Å². The molecular formula is C14H16BrF2N3O. The summed E-state index contributed by atoms with van der Waals surface area (Å²) in [4.78, 5) is 16.2. The number of fused-ring (bicyclic) bond motifs is 1. The molecule has 7 heteroatoms. The molecule has 1 amide bonds. The zero-order valence-corrected chi connectivity index (χ0v) is 13.3. The maximum absolute atomic E-state index is 13.2. The normalized spacial score (nSPS) is 30.4. The largest absolute Gasteiger partial charge is 0.309 e. The molecule has 2 aliphatic rings. The molecule has 1 aromatic heterocycles. The first-order chi connectivity index (χ1) is 9.80. The number of nitrogens with one attached hydrogen (secondary N) is 2. The molecule has 1 saturated heterocycles. The summed E-state index contributed by atoms with van der Waals surface area (Å²) in [7, 11) is 0. The Hall–Kier alpha value is -1.08. The van der Waals surface area contributed by atoms with Crippen LogP contribution in [-0.2, 0) is 4.79 Å². The lowest BCUT2D eigenvalue weighted by molar-refractivity contribution is -0.118. The van der Waals surface area contributed by atoms with Gasteiger partial charge in [-0.05, 0) is 52.7 Å². The van der Waals surface area contributed by atoms with Crippen LogP contribution in [0.5, 0.6) is 0 Å². The number of pyridine rings is 1. The van der Waals surface area contributed by atoms with Crippen LogP contribution in [0.2, 0.25) is 0 Å². The van der Waals surface area contributed by atoms with Gasteiger partial charge >= 0.3 is 0 Å². The van der Waals surface area contributed by atoms with Crippen LogP contribution in [-0.4, -0.2) is 23.0 Å². The molecule has 21 heavy (non-hydrogen) atoms. The molecule has 2 N–H and O–H groups in total. The van der Waals surface area contributed by atoms with Gasteiger partial charge in [-0.1, -0.05) is 6.92 Å². The SMILES string of the molecule is Cc1cc(Br)nc(NC(=O)C2CC3(C)CC3N2)c1C(F)F. The summed E-state index contributed by atoms with van der Waals surface area (Å²) >= 11 is 3.17. The van der Waals surface area contributed by atoms with E-state index in [9.17, 15) is 13.6 Å². The molecular weight excluding hydrogens is 344 g/mol. The summed E-state index contributed by atoms with van der Waals surface area (Å²) < 4.78 is 26.7. The van der Waals surface area contributed by atoms with Crippen LogP contribution in [0.4, 0.5) is 14.6 Å². The van der Waals surface area contributed by atoms with Crippen molar-refractivity contribution in [2.24, 2.45) is 5.41 Å². The molecule has 0 spiro atoms. The summed E-state index contributed by atoms with van der Waals surface area (Å²) in [5.41, 5.74) is 0.367. The molecule has 3 atom stereocenters. The van der Waals surface area contributed by atoms with E-state index in [-0.39, 0.29) is 28.7 Å². The number of aromatic nitrogens is 1. The van der Waals surface area contributed by atoms with Gasteiger partial charge in [0.05, 0.1) is 11.6 Å². The highest BCUT2D eigenvalue weighted by atomic mass is 79.9. The second-order valence-corrected chi connectivity index (χ2v) is 6.96. The number of amides is 1. The maximum atomic E-state index is 13.2. The van der Waals surface area contributed by atoms with Crippen LogP contribution >= 0.6 is 15.9 Å². The Labute approximate surface area is 129 Å². The molecule has 1 aromatic rings. The third kappa shape index (κ3) is 2.68. The number of piperidine rings is 1. The van der Waals surface area contributed by atoms with Gasteiger partial charge in [0.1, 0.15) is 10.4 Å². The van der Waals surface area contributed by atoms with Crippen molar-refractivity contribution in [3.63, 3.8) is 0 Å². The number of halogens is 3. The number of anilines is 1. The summed E-state index contributed by atoms with van der Waals surface area (Å²) in [6.45, 7) is 3.71. The van der Waals surface area contributed by atoms with Gasteiger partial charge in [0.25, 0.3) is 6.43 Å². The predicted molar refractivity (Wildman–Crippen MR) is 78.3 cm³/mol. The third-order valence-corrected chi connectivity index (χ3v) is 4.84. The second kappa shape index (κ2) is 4.98. The zero-order chi connectivity index (χ0) is 15.4. The Morgan fingerprint density at radius 3 is 2.86 bits per heavy atom. The van der Waals surface area contributed by atoms with Crippen LogP contribution in [0.1, 0.15) is 37.3 Å². The minimum absolute atomic E-state index is 0.0607. The number of hydrogen-bond donors (Lipinski definition) is 2. The van der Waals surface area contributed by atoms with E-state index in [2.05, 4.69) is 38.5 Å². The third-order valence-electron chi connectivity index (χ3n) is 4.43. The van der Waals surface area contributed by atoms with Gasteiger partial charge in [0, 0.05) is 6.04 Å². The smallest absolute Gasteiger partial charge is 0.267 e. The van der Waals surface area contributed by atoms with Crippen LogP contribution in [0.3, 0.4) is 0 Å². The number of rotatable bonds is 3. The van der Waals surface area contributed by atoms with Crippen molar-refractivity contribution in [2.75, 3.05) is 5.32 Å². The monoisotopic (exact) mass is 359 g/mol. The molecule has 0 bridgehead atoms. The first kappa shape index (κ1) is 14.8. The van der Waals surface area contributed by atoms with Crippen molar-refractivity contribution in [1.82, 2.24) is 10.3 Å². The van der Waals surface area contributed by atoms with Crippen molar-refractivity contribution in [3.05, 3.63) is 21.8 Å². The van der Waals surface area contributed by atoms with E-state index in [0.29, 0.717) is 16.2 Å². The van der Waals surface area contributed by atoms with Gasteiger partial charge in [-0.25, -0.2) is 13.8 Å². The summed E-state index contributed by atoms with van der Waals surface area (Å²) in [6.07, 6.45) is -0.864. The lowest BCUT2D eigenvalue weighted by atomic mass is 10.0. The molecule has 0 radical (unpaired) electrons. The molecule has 1 saturated carbocycles. The highest BCUT2D eigenvalue weighted by Gasteiger charge is 2.58. The van der Waals surface area contributed by atoms with Crippen LogP contribution < -0.4 is 10.6 Å². The number of carbonyl (C=O) groups is 1. The fourth-order valence-corrected chi connectivity index (χ4v) is 3.57. The van der Waals surface area contributed by atoms with Gasteiger partial charge in [0.15, 0.2) is 0 Å². The number of carbonyl (C=O) groups excluding carboxylic acids is 1. The molecule has 4 nitrogen and oxygen atoms in total. The van der Waals surface area contributed by atoms with E-state index in [4.69, 9.17) is 0 Å². The van der Waals surface area contributed by atoms with Crippen molar-refractivity contribution in [3.8, 4) is 0 Å². The average molecular weight is 360 g/mol. The van der Waals surface area contributed by atoms with Crippen molar-refractivity contribution >= 4 is 27.7 Å². The van der Waals surface area contributed by atoms with Crippen LogP contribution in [0, 0.1) is 12.3 Å². The van der Waals surface area contributed by atoms with Crippen LogP contribution in [0.15, 0.2) is 10.7 Å². The van der Waals surface area contributed by atoms with E-state index in [0.717, 1.165) is 12.8 Å². The fourth-order valence-electron chi connectivity index (χ4n) is 3.05. The van der Waals surface area contributed by atoms with Gasteiger partial charge < -0.3 is 10.6 Å². The quantitative estimate of drug-likeness (QED) is 0.815. The van der Waals surface area contributed by atoms with Gasteiger partial charge in [-0.15, -0.1) is 0 Å². The summed E-state index contributed by atoms with van der Waals surface area (Å²) in [6, 6.07) is 1.56. The van der Waals surface area contributed by atoms with E-state index >= 15 is 0 Å². The molecule has 0 aromatic carbocycles. The Morgan fingerprint density at radius 1 is 1.57 bits per heavy atom. The fraction of sp³-hybridized carbons (Fsp3) is 0.571. The lowest BCUT2D eigenvalue weighted by Gasteiger charge is -2.17. The van der Waals surface area contributed by atoms with Crippen molar-refractivity contribution in [1.29, 1.82) is 0 Å². The zero-order valence-electron chi connectivity index (χ0n) is 11.7. The lowest BCUT2D eigenvalue weighted by Crippen LogP contribution is -2.38. The molecule has 1 aliphatic heterocycles. The highest BCUT2D eigenvalue weighted by Crippen LogP contribution is 2.54. The van der Waals surface area contributed by atoms with E-state index in [1.54, 1.807) is 6.92 Å². The number of alkyl halides is 2. The topological polar surface area (TPSA) is 54.0 Å². The van der Waals surface area contributed by atoms with E-state index in [1.807, 2.05) is 0 Å². The molecule has 3 unspecified atom stereocenters. The van der Waals surface area contributed by atoms with E-state index < -0.39 is 6.43 Å². The molecule has 2 heterocycles. The van der Waals surface area contributed by atoms with Gasteiger partial charge in [-0.3, -0.25) is 4.79 Å². The first-order valence-electron chi connectivity index (χ1n) is 6.82. The average Bonchev–Trinajstić information content (AvgIpc) is 2.85. The molecule has 3 rings (SSSR count). The standard InChI is InChI=1S/C14H16BrF2N3O/c1-6-3-9(15)19-12(10(6)11(16)17)20-13(21)7-4-14(2)5-8(14)18-7/h3,7-8,11,18H,4-5H2,1-2H3,(H,19,20,21). The van der Waals surface area contributed by atoms with Gasteiger partial charge in [0.2, 0.25) is 5.91 Å². The Morgan fingerprint density at radius 2 is 2.29 bits per heavy atom. The van der Waals surface area contributed by atoms with Crippen molar-refractivity contribution in [2.45, 2.75) is 45.2 Å². The first-order valence-corrected chi connectivity index (χ1v) is 7.61. The summed E-state index contributed by atoms with van der Waals surface area (Å²) in [5, 5.41) is 5.78. The number of nitrogens with zero attached hydrogens (tertiary/aromatic N) is 1. The number of aryl methyl sites for hydroxylation is 1. The minimum Gasteiger partial charge on any atom is -0.309 e. The minimum atomic E-state index is -2.68. The Kier molecular flexibility index (Phi) is 3.52. The predicted octanol–water partition coefficient (Wildman–Crippen LogP) is 3.17. The Bertz CT molecular complexity index is 610. The number of hydrogen-bond acceptors (Lipinski definition) is 3. The maximum Gasteiger partial charge on any atom is 0.267 e. The molecule has 114 valence electrons. The summed E-state index contributed by atoms with van der Waals surface area (Å²) in [5.74, 6) is -0.357.